The maximum atomic E-state index is 8.96. The van der Waals surface area contributed by atoms with Crippen LogP contribution in [0.2, 0.25) is 0 Å². The minimum absolute atomic E-state index is 0.195. The van der Waals surface area contributed by atoms with E-state index in [1.165, 1.54) is 0 Å². The van der Waals surface area contributed by atoms with Crippen molar-refractivity contribution in [2.24, 2.45) is 0 Å². The summed E-state index contributed by atoms with van der Waals surface area (Å²) in [7, 11) is 1.60. The summed E-state index contributed by atoms with van der Waals surface area (Å²) in [5, 5.41) is 8.96. The molecule has 0 bridgehead atoms. The Labute approximate surface area is 147 Å². The predicted octanol–water partition coefficient (Wildman–Crippen LogP) is 3.16. The first kappa shape index (κ1) is 16.9. The third-order valence-corrected chi connectivity index (χ3v) is 4.12. The summed E-state index contributed by atoms with van der Waals surface area (Å²) in [5.74, 6) is 6.99. The Balaban J connectivity index is 2.08. The van der Waals surface area contributed by atoms with Gasteiger partial charge in [0.1, 0.15) is 18.2 Å². The Morgan fingerprint density at radius 1 is 1.36 bits per heavy atom. The molecule has 0 atom stereocenters. The third-order valence-electron chi connectivity index (χ3n) is 4.12. The molecule has 0 unspecified atom stereocenters. The molecule has 1 N–H and O–H groups in total. The molecule has 0 radical (unpaired) electrons. The first-order chi connectivity index (χ1) is 12.1. The molecule has 1 aromatic carbocycles. The van der Waals surface area contributed by atoms with Crippen molar-refractivity contribution in [3.8, 4) is 17.6 Å². The number of allylic oxidation sites excluding steroid dienone is 1. The molecule has 126 valence electrons. The maximum absolute atomic E-state index is 8.96. The van der Waals surface area contributed by atoms with Gasteiger partial charge in [0.05, 0.1) is 24.1 Å². The monoisotopic (exact) mass is 332 g/mol. The summed E-state index contributed by atoms with van der Waals surface area (Å²) >= 11 is 0. The highest BCUT2D eigenvalue weighted by atomic mass is 16.5. The predicted molar refractivity (Wildman–Crippen MR) is 99.2 cm³/mol. The number of nitrogens with zero attached hydrogens (tertiary/aromatic N) is 2. The van der Waals surface area contributed by atoms with E-state index in [2.05, 4.69) is 40.5 Å². The van der Waals surface area contributed by atoms with Crippen molar-refractivity contribution in [1.29, 1.82) is 0 Å². The zero-order valence-corrected chi connectivity index (χ0v) is 14.5. The van der Waals surface area contributed by atoms with E-state index >= 15 is 0 Å². The summed E-state index contributed by atoms with van der Waals surface area (Å²) < 4.78 is 5.34. The molecule has 0 saturated carbocycles. The van der Waals surface area contributed by atoms with Crippen molar-refractivity contribution < 1.29 is 9.84 Å². The molecule has 4 nitrogen and oxygen atoms in total. The van der Waals surface area contributed by atoms with Crippen molar-refractivity contribution in [3.63, 3.8) is 0 Å². The molecule has 1 aliphatic carbocycles. The largest absolute Gasteiger partial charge is 0.495 e. The van der Waals surface area contributed by atoms with Gasteiger partial charge in [-0.3, -0.25) is 0 Å². The SMILES string of the molecule is C=C(c1ccc(OC)c(C#CCO)c1)c1nc(C)nc2c1CCC=C2. The molecular weight excluding hydrogens is 312 g/mol. The average molecular weight is 332 g/mol. The van der Waals surface area contributed by atoms with E-state index in [1.54, 1.807) is 7.11 Å². The Morgan fingerprint density at radius 2 is 2.20 bits per heavy atom. The fraction of sp³-hybridized carbons (Fsp3) is 0.238. The summed E-state index contributed by atoms with van der Waals surface area (Å²) in [4.78, 5) is 9.17. The minimum Gasteiger partial charge on any atom is -0.495 e. The zero-order chi connectivity index (χ0) is 17.8. The van der Waals surface area contributed by atoms with Gasteiger partial charge in [-0.15, -0.1) is 0 Å². The van der Waals surface area contributed by atoms with Crippen LogP contribution in [0.4, 0.5) is 0 Å². The van der Waals surface area contributed by atoms with Crippen LogP contribution in [0.25, 0.3) is 11.6 Å². The van der Waals surface area contributed by atoms with Crippen LogP contribution in [0.3, 0.4) is 0 Å². The third kappa shape index (κ3) is 3.47. The minimum atomic E-state index is -0.195. The van der Waals surface area contributed by atoms with Crippen molar-refractivity contribution in [3.05, 3.63) is 64.8 Å². The fourth-order valence-electron chi connectivity index (χ4n) is 2.94. The molecule has 0 fully saturated rings. The summed E-state index contributed by atoms with van der Waals surface area (Å²) in [6.45, 7) is 5.97. The molecule has 25 heavy (non-hydrogen) atoms. The first-order valence-electron chi connectivity index (χ1n) is 8.15. The van der Waals surface area contributed by atoms with E-state index in [9.17, 15) is 0 Å². The lowest BCUT2D eigenvalue weighted by atomic mass is 9.93. The number of aliphatic hydroxyl groups is 1. The number of ether oxygens (including phenoxy) is 1. The Morgan fingerprint density at radius 3 is 2.96 bits per heavy atom. The molecular formula is C21H20N2O2. The van der Waals surface area contributed by atoms with Crippen LogP contribution in [0.1, 0.15) is 40.3 Å². The van der Waals surface area contributed by atoms with Gasteiger partial charge in [-0.05, 0) is 43.5 Å². The molecule has 3 rings (SSSR count). The maximum Gasteiger partial charge on any atom is 0.134 e. The number of hydrogen-bond donors (Lipinski definition) is 1. The quantitative estimate of drug-likeness (QED) is 0.877. The highest BCUT2D eigenvalue weighted by Crippen LogP contribution is 2.30. The average Bonchev–Trinajstić information content (AvgIpc) is 2.64. The lowest BCUT2D eigenvalue weighted by Crippen LogP contribution is -2.08. The van der Waals surface area contributed by atoms with Crippen molar-refractivity contribution in [2.45, 2.75) is 19.8 Å². The Bertz CT molecular complexity index is 917. The van der Waals surface area contributed by atoms with Crippen LogP contribution in [0, 0.1) is 18.8 Å². The smallest absolute Gasteiger partial charge is 0.134 e. The molecule has 1 aliphatic rings. The first-order valence-corrected chi connectivity index (χ1v) is 8.15. The molecule has 1 heterocycles. The number of methoxy groups -OCH3 is 1. The van der Waals surface area contributed by atoms with Crippen molar-refractivity contribution >= 4 is 11.6 Å². The lowest BCUT2D eigenvalue weighted by molar-refractivity contribution is 0.350. The fourth-order valence-corrected chi connectivity index (χ4v) is 2.94. The molecule has 0 amide bonds. The topological polar surface area (TPSA) is 55.2 Å². The van der Waals surface area contributed by atoms with Crippen LogP contribution in [0.15, 0.2) is 30.9 Å². The number of aliphatic hydroxyl groups excluding tert-OH is 1. The molecule has 0 aliphatic heterocycles. The van der Waals surface area contributed by atoms with E-state index in [-0.39, 0.29) is 6.61 Å². The molecule has 4 heteroatoms. The highest BCUT2D eigenvalue weighted by molar-refractivity contribution is 5.80. The van der Waals surface area contributed by atoms with Gasteiger partial charge in [-0.1, -0.05) is 30.6 Å². The zero-order valence-electron chi connectivity index (χ0n) is 14.5. The van der Waals surface area contributed by atoms with Gasteiger partial charge in [0.15, 0.2) is 0 Å². The van der Waals surface area contributed by atoms with E-state index in [0.717, 1.165) is 52.3 Å². The standard InChI is InChI=1S/C21H20N2O2/c1-14(16-10-11-20(25-3)17(13-16)7-6-12-24)21-18-8-4-5-9-19(18)22-15(2)23-21/h5,9-11,13,24H,1,4,8,12H2,2-3H3. The van der Waals surface area contributed by atoms with Crippen molar-refractivity contribution in [2.75, 3.05) is 13.7 Å². The van der Waals surface area contributed by atoms with Gasteiger partial charge < -0.3 is 9.84 Å². The normalized spacial score (nSPS) is 12.1. The second-order valence-electron chi connectivity index (χ2n) is 5.78. The van der Waals surface area contributed by atoms with Crippen LogP contribution in [-0.4, -0.2) is 28.8 Å². The molecule has 0 spiro atoms. The van der Waals surface area contributed by atoms with Crippen molar-refractivity contribution in [1.82, 2.24) is 9.97 Å². The number of fused-ring (bicyclic) bond motifs is 1. The molecule has 2 aromatic rings. The van der Waals surface area contributed by atoms with Crippen LogP contribution in [-0.2, 0) is 6.42 Å². The Hall–Kier alpha value is -2.90. The van der Waals surface area contributed by atoms with Gasteiger partial charge in [0, 0.05) is 11.1 Å². The number of rotatable bonds is 3. The van der Waals surface area contributed by atoms with Crippen LogP contribution >= 0.6 is 0 Å². The van der Waals surface area contributed by atoms with Crippen LogP contribution < -0.4 is 4.74 Å². The second-order valence-corrected chi connectivity index (χ2v) is 5.78. The van der Waals surface area contributed by atoms with Gasteiger partial charge >= 0.3 is 0 Å². The highest BCUT2D eigenvalue weighted by Gasteiger charge is 2.17. The Kier molecular flexibility index (Phi) is 4.97. The lowest BCUT2D eigenvalue weighted by Gasteiger charge is -2.17. The number of aryl methyl sites for hydroxylation is 1. The van der Waals surface area contributed by atoms with Gasteiger partial charge in [0.25, 0.3) is 0 Å². The summed E-state index contributed by atoms with van der Waals surface area (Å²) in [6, 6.07) is 5.74. The summed E-state index contributed by atoms with van der Waals surface area (Å²) in [6.07, 6.45) is 6.08. The molecule has 1 aromatic heterocycles. The van der Waals surface area contributed by atoms with Crippen LogP contribution in [0.5, 0.6) is 5.75 Å². The van der Waals surface area contributed by atoms with E-state index in [1.807, 2.05) is 25.1 Å². The number of aromatic nitrogens is 2. The number of hydrogen-bond acceptors (Lipinski definition) is 4. The van der Waals surface area contributed by atoms with Gasteiger partial charge in [-0.25, -0.2) is 9.97 Å². The van der Waals surface area contributed by atoms with E-state index < -0.39 is 0 Å². The summed E-state index contributed by atoms with van der Waals surface area (Å²) in [5.41, 5.74) is 5.48. The second kappa shape index (κ2) is 7.33. The number of benzene rings is 1. The van der Waals surface area contributed by atoms with E-state index in [4.69, 9.17) is 9.84 Å². The van der Waals surface area contributed by atoms with Gasteiger partial charge in [-0.2, -0.15) is 0 Å². The molecule has 0 saturated heterocycles. The van der Waals surface area contributed by atoms with E-state index in [0.29, 0.717) is 5.75 Å². The van der Waals surface area contributed by atoms with Gasteiger partial charge in [0.2, 0.25) is 0 Å².